The van der Waals surface area contributed by atoms with Crippen LogP contribution < -0.4 is 5.73 Å². The highest BCUT2D eigenvalue weighted by Gasteiger charge is 2.33. The van der Waals surface area contributed by atoms with Gasteiger partial charge in [-0.3, -0.25) is 4.79 Å². The van der Waals surface area contributed by atoms with Gasteiger partial charge in [0.2, 0.25) is 0 Å². The van der Waals surface area contributed by atoms with Gasteiger partial charge in [0.1, 0.15) is 0 Å². The molecule has 20 heavy (non-hydrogen) atoms. The molecule has 1 aromatic heterocycles. The van der Waals surface area contributed by atoms with Gasteiger partial charge in [0.05, 0.1) is 21.9 Å². The topological polar surface area (TPSA) is 55.6 Å². The SMILES string of the molecule is COC1(C)CCCN(C(=O)c2ccc(C#CCN)s2)C1. The number of amides is 1. The van der Waals surface area contributed by atoms with E-state index in [1.165, 1.54) is 11.3 Å². The molecule has 0 saturated carbocycles. The lowest BCUT2D eigenvalue weighted by molar-refractivity contribution is -0.0439. The van der Waals surface area contributed by atoms with Crippen LogP contribution in [0.1, 0.15) is 34.3 Å². The summed E-state index contributed by atoms with van der Waals surface area (Å²) in [6.45, 7) is 3.82. The average Bonchev–Trinajstić information content (AvgIpc) is 2.93. The highest BCUT2D eigenvalue weighted by molar-refractivity contribution is 7.14. The zero-order valence-corrected chi connectivity index (χ0v) is 12.8. The summed E-state index contributed by atoms with van der Waals surface area (Å²) in [5.41, 5.74) is 5.12. The van der Waals surface area contributed by atoms with E-state index in [0.29, 0.717) is 13.1 Å². The van der Waals surface area contributed by atoms with Crippen LogP contribution in [-0.2, 0) is 4.74 Å². The van der Waals surface area contributed by atoms with Crippen molar-refractivity contribution in [3.8, 4) is 11.8 Å². The van der Waals surface area contributed by atoms with Gasteiger partial charge in [0.25, 0.3) is 5.91 Å². The lowest BCUT2D eigenvalue weighted by atomic mass is 9.94. The average molecular weight is 292 g/mol. The molecular weight excluding hydrogens is 272 g/mol. The number of methoxy groups -OCH3 is 1. The maximum absolute atomic E-state index is 12.5. The summed E-state index contributed by atoms with van der Waals surface area (Å²) >= 11 is 1.42. The Morgan fingerprint density at radius 3 is 3.10 bits per heavy atom. The van der Waals surface area contributed by atoms with E-state index in [2.05, 4.69) is 18.8 Å². The number of hydrogen-bond acceptors (Lipinski definition) is 4. The minimum Gasteiger partial charge on any atom is -0.377 e. The Morgan fingerprint density at radius 1 is 1.60 bits per heavy atom. The number of hydrogen-bond donors (Lipinski definition) is 1. The summed E-state index contributed by atoms with van der Waals surface area (Å²) < 4.78 is 5.53. The first-order valence-electron chi connectivity index (χ1n) is 6.71. The predicted molar refractivity (Wildman–Crippen MR) is 80.8 cm³/mol. The maximum Gasteiger partial charge on any atom is 0.264 e. The lowest BCUT2D eigenvalue weighted by Gasteiger charge is -2.39. The summed E-state index contributed by atoms with van der Waals surface area (Å²) in [5, 5.41) is 0. The fourth-order valence-electron chi connectivity index (χ4n) is 2.36. The van der Waals surface area contributed by atoms with Crippen LogP contribution in [-0.4, -0.2) is 43.2 Å². The molecule has 1 aliphatic heterocycles. The second kappa shape index (κ2) is 6.40. The molecule has 1 atom stereocenters. The Kier molecular flexibility index (Phi) is 4.81. The number of thiophene rings is 1. The van der Waals surface area contributed by atoms with Gasteiger partial charge >= 0.3 is 0 Å². The highest BCUT2D eigenvalue weighted by atomic mass is 32.1. The summed E-state index contributed by atoms with van der Waals surface area (Å²) in [4.78, 5) is 16.0. The minimum absolute atomic E-state index is 0.0683. The first-order chi connectivity index (χ1) is 9.58. The van der Waals surface area contributed by atoms with Gasteiger partial charge in [-0.25, -0.2) is 0 Å². The molecule has 2 heterocycles. The van der Waals surface area contributed by atoms with Crippen LogP contribution in [0.4, 0.5) is 0 Å². The number of nitrogens with zero attached hydrogens (tertiary/aromatic N) is 1. The van der Waals surface area contributed by atoms with Crippen LogP contribution in [0.15, 0.2) is 12.1 Å². The van der Waals surface area contributed by atoms with Crippen LogP contribution in [0, 0.1) is 11.8 Å². The number of piperidine rings is 1. The van der Waals surface area contributed by atoms with Gasteiger partial charge in [-0.05, 0) is 31.9 Å². The van der Waals surface area contributed by atoms with Gasteiger partial charge in [-0.2, -0.15) is 0 Å². The summed E-state index contributed by atoms with van der Waals surface area (Å²) in [7, 11) is 1.71. The van der Waals surface area contributed by atoms with Crippen molar-refractivity contribution in [2.45, 2.75) is 25.4 Å². The first kappa shape index (κ1) is 15.0. The van der Waals surface area contributed by atoms with Crippen molar-refractivity contribution >= 4 is 17.2 Å². The Labute approximate surface area is 123 Å². The van der Waals surface area contributed by atoms with Crippen molar-refractivity contribution in [3.63, 3.8) is 0 Å². The Hall–Kier alpha value is -1.35. The number of likely N-dealkylation sites (tertiary alicyclic amines) is 1. The van der Waals surface area contributed by atoms with Crippen molar-refractivity contribution in [2.75, 3.05) is 26.7 Å². The molecule has 0 aliphatic carbocycles. The number of ether oxygens (including phenoxy) is 1. The first-order valence-corrected chi connectivity index (χ1v) is 7.53. The molecule has 0 spiro atoms. The Morgan fingerprint density at radius 2 is 2.40 bits per heavy atom. The van der Waals surface area contributed by atoms with Crippen LogP contribution in [0.5, 0.6) is 0 Å². The minimum atomic E-state index is -0.229. The van der Waals surface area contributed by atoms with E-state index >= 15 is 0 Å². The quantitative estimate of drug-likeness (QED) is 0.844. The fourth-order valence-corrected chi connectivity index (χ4v) is 3.21. The number of rotatable bonds is 2. The van der Waals surface area contributed by atoms with E-state index < -0.39 is 0 Å². The number of carbonyl (C=O) groups excluding carboxylic acids is 1. The normalized spacial score (nSPS) is 22.2. The van der Waals surface area contributed by atoms with Crippen LogP contribution in [0.3, 0.4) is 0 Å². The molecule has 0 bridgehead atoms. The van der Waals surface area contributed by atoms with E-state index in [0.717, 1.165) is 29.1 Å². The fraction of sp³-hybridized carbons (Fsp3) is 0.533. The molecule has 0 aromatic carbocycles. The molecule has 1 fully saturated rings. The monoisotopic (exact) mass is 292 g/mol. The van der Waals surface area contributed by atoms with Gasteiger partial charge in [-0.1, -0.05) is 11.8 Å². The largest absolute Gasteiger partial charge is 0.377 e. The molecule has 108 valence electrons. The molecule has 4 nitrogen and oxygen atoms in total. The molecule has 1 aromatic rings. The van der Waals surface area contributed by atoms with Crippen molar-refractivity contribution in [3.05, 3.63) is 21.9 Å². The molecule has 1 unspecified atom stereocenters. The third-order valence-corrected chi connectivity index (χ3v) is 4.56. The van der Waals surface area contributed by atoms with Crippen molar-refractivity contribution < 1.29 is 9.53 Å². The lowest BCUT2D eigenvalue weighted by Crippen LogP contribution is -2.49. The standard InChI is InChI=1S/C15H20N2O2S/c1-15(19-2)8-4-10-17(11-15)14(18)13-7-6-12(20-13)5-3-9-16/h6-7H,4,8-11,16H2,1-2H3. The summed E-state index contributed by atoms with van der Waals surface area (Å²) in [6.07, 6.45) is 1.96. The van der Waals surface area contributed by atoms with E-state index in [9.17, 15) is 4.79 Å². The van der Waals surface area contributed by atoms with Crippen molar-refractivity contribution in [1.82, 2.24) is 4.90 Å². The highest BCUT2D eigenvalue weighted by Crippen LogP contribution is 2.26. The van der Waals surface area contributed by atoms with Crippen molar-refractivity contribution in [1.29, 1.82) is 0 Å². The second-order valence-corrected chi connectivity index (χ2v) is 6.24. The molecule has 5 heteroatoms. The summed E-state index contributed by atoms with van der Waals surface area (Å²) in [6, 6.07) is 3.71. The molecule has 2 rings (SSSR count). The van der Waals surface area contributed by atoms with Gasteiger partial charge in [-0.15, -0.1) is 11.3 Å². The number of nitrogens with two attached hydrogens (primary N) is 1. The van der Waals surface area contributed by atoms with Crippen LogP contribution in [0.2, 0.25) is 0 Å². The third kappa shape index (κ3) is 3.40. The van der Waals surface area contributed by atoms with Gasteiger partial charge in [0, 0.05) is 20.2 Å². The Balaban J connectivity index is 2.09. The number of carbonyl (C=O) groups is 1. The maximum atomic E-state index is 12.5. The van der Waals surface area contributed by atoms with Crippen LogP contribution >= 0.6 is 11.3 Å². The van der Waals surface area contributed by atoms with Gasteiger partial charge < -0.3 is 15.4 Å². The second-order valence-electron chi connectivity index (χ2n) is 5.15. The van der Waals surface area contributed by atoms with Crippen molar-refractivity contribution in [2.24, 2.45) is 5.73 Å². The van der Waals surface area contributed by atoms with E-state index in [-0.39, 0.29) is 11.5 Å². The molecule has 1 aliphatic rings. The molecule has 1 saturated heterocycles. The molecule has 2 N–H and O–H groups in total. The third-order valence-electron chi connectivity index (χ3n) is 3.57. The zero-order valence-electron chi connectivity index (χ0n) is 11.9. The zero-order chi connectivity index (χ0) is 14.6. The van der Waals surface area contributed by atoms with Crippen LogP contribution in [0.25, 0.3) is 0 Å². The predicted octanol–water partition coefficient (Wildman–Crippen LogP) is 1.70. The van der Waals surface area contributed by atoms with Gasteiger partial charge in [0.15, 0.2) is 0 Å². The summed E-state index contributed by atoms with van der Waals surface area (Å²) in [5.74, 6) is 5.83. The van der Waals surface area contributed by atoms with E-state index in [4.69, 9.17) is 10.5 Å². The molecule has 1 amide bonds. The Bertz CT molecular complexity index is 544. The van der Waals surface area contributed by atoms with E-state index in [1.807, 2.05) is 17.0 Å². The molecular formula is C15H20N2O2S. The van der Waals surface area contributed by atoms with E-state index in [1.54, 1.807) is 7.11 Å². The molecule has 0 radical (unpaired) electrons. The smallest absolute Gasteiger partial charge is 0.264 e.